The van der Waals surface area contributed by atoms with Crippen LogP contribution in [0.2, 0.25) is 0 Å². The highest BCUT2D eigenvalue weighted by Gasteiger charge is 2.43. The lowest BCUT2D eigenvalue weighted by atomic mass is 9.80. The molecule has 34 heavy (non-hydrogen) atoms. The molecule has 3 N–H and O–H groups in total. The van der Waals surface area contributed by atoms with Gasteiger partial charge in [0.25, 0.3) is 11.9 Å². The molecule has 1 spiro atoms. The number of aryl methyl sites for hydroxylation is 2. The molecule has 186 valence electrons. The number of carboxylic acids is 1. The van der Waals surface area contributed by atoms with E-state index in [4.69, 9.17) is 23.8 Å². The molecule has 0 radical (unpaired) electrons. The Hall–Kier alpha value is -2.91. The predicted octanol–water partition coefficient (Wildman–Crippen LogP) is 2.61. The number of hydrogen-bond acceptors (Lipinski definition) is 7. The van der Waals surface area contributed by atoms with E-state index < -0.39 is 5.97 Å². The summed E-state index contributed by atoms with van der Waals surface area (Å²) in [6.45, 7) is 9.06. The summed E-state index contributed by atoms with van der Waals surface area (Å²) >= 11 is 0. The number of nitrogens with one attached hydrogen (secondary N) is 2. The summed E-state index contributed by atoms with van der Waals surface area (Å²) in [5, 5.41) is 14.7. The van der Waals surface area contributed by atoms with Crippen LogP contribution in [0, 0.1) is 20.8 Å². The van der Waals surface area contributed by atoms with E-state index in [9.17, 15) is 9.59 Å². The van der Waals surface area contributed by atoms with Crippen LogP contribution in [0.25, 0.3) is 11.0 Å². The Morgan fingerprint density at radius 1 is 1.21 bits per heavy atom. The summed E-state index contributed by atoms with van der Waals surface area (Å²) in [5.41, 5.74) is 2.12. The van der Waals surface area contributed by atoms with Crippen LogP contribution in [0.3, 0.4) is 0 Å². The number of benzene rings is 1. The number of carbonyl (C=O) groups is 2. The Morgan fingerprint density at radius 3 is 2.56 bits per heavy atom. The van der Waals surface area contributed by atoms with Crippen molar-refractivity contribution in [3.63, 3.8) is 0 Å². The van der Waals surface area contributed by atoms with Gasteiger partial charge in [-0.1, -0.05) is 0 Å². The van der Waals surface area contributed by atoms with Gasteiger partial charge in [-0.05, 0) is 82.8 Å². The van der Waals surface area contributed by atoms with Crippen LogP contribution < -0.4 is 21.0 Å². The number of carbonyl (C=O) groups excluding carboxylic acids is 1. The van der Waals surface area contributed by atoms with Crippen molar-refractivity contribution in [2.24, 2.45) is 0 Å². The van der Waals surface area contributed by atoms with Gasteiger partial charge in [0.05, 0.1) is 17.0 Å². The maximum atomic E-state index is 12.8. The average Bonchev–Trinajstić information content (AvgIpc) is 2.77. The molecule has 2 aromatic rings. The van der Waals surface area contributed by atoms with Gasteiger partial charge in [0.15, 0.2) is 6.61 Å². The molecule has 0 bridgehead atoms. The summed E-state index contributed by atoms with van der Waals surface area (Å²) in [7, 11) is 0. The van der Waals surface area contributed by atoms with Crippen LogP contribution in [0.5, 0.6) is 5.75 Å². The van der Waals surface area contributed by atoms with E-state index in [0.29, 0.717) is 16.9 Å². The quantitative estimate of drug-likeness (QED) is 0.577. The molecule has 2 aliphatic heterocycles. The number of rotatable bonds is 4. The molecular weight excluding hydrogens is 440 g/mol. The fourth-order valence-corrected chi connectivity index (χ4v) is 4.65. The molecule has 1 aromatic carbocycles. The Balaban J connectivity index is 0.000000751. The Bertz CT molecular complexity index is 1090. The zero-order chi connectivity index (χ0) is 24.9. The van der Waals surface area contributed by atoms with Crippen LogP contribution in [0.1, 0.15) is 49.3 Å². The smallest absolute Gasteiger partial charge is 0.339 e. The third kappa shape index (κ3) is 5.95. The van der Waals surface area contributed by atoms with Crippen molar-refractivity contribution in [1.82, 2.24) is 10.6 Å². The molecular formula is C25H34N2O7. The highest BCUT2D eigenvalue weighted by molar-refractivity contribution is 5.88. The molecule has 9 heteroatoms. The second-order valence-corrected chi connectivity index (χ2v) is 9.01. The number of aliphatic carboxylic acids is 1. The van der Waals surface area contributed by atoms with Gasteiger partial charge in [-0.25, -0.2) is 4.79 Å². The first-order valence-corrected chi connectivity index (χ1v) is 11.6. The second kappa shape index (κ2) is 11.0. The minimum Gasteiger partial charge on any atom is -0.483 e. The highest BCUT2D eigenvalue weighted by Crippen LogP contribution is 2.34. The van der Waals surface area contributed by atoms with Gasteiger partial charge >= 0.3 is 5.63 Å². The second-order valence-electron chi connectivity index (χ2n) is 9.01. The summed E-state index contributed by atoms with van der Waals surface area (Å²) in [6, 6.07) is 3.69. The van der Waals surface area contributed by atoms with Gasteiger partial charge in [0, 0.05) is 19.1 Å². The van der Waals surface area contributed by atoms with E-state index in [-0.39, 0.29) is 29.8 Å². The molecule has 3 heterocycles. The first kappa shape index (κ1) is 25.7. The summed E-state index contributed by atoms with van der Waals surface area (Å²) in [6.07, 6.45) is 3.67. The van der Waals surface area contributed by atoms with E-state index >= 15 is 0 Å². The van der Waals surface area contributed by atoms with E-state index in [1.165, 1.54) is 0 Å². The third-order valence-corrected chi connectivity index (χ3v) is 6.46. The standard InChI is InChI=1S/C23H30N2O5.C2H4O2/c1-14-11-17(21-15(2)16(3)22(27)30-18(21)12-14)28-13-20(26)25-19-5-4-10-29-23(19)6-8-24-9-7-23;1-2(3)4/h11-12,19,24H,4-10,13H2,1-3H3,(H,25,26);1H3,(H,3,4). The summed E-state index contributed by atoms with van der Waals surface area (Å²) < 4.78 is 17.5. The van der Waals surface area contributed by atoms with E-state index in [2.05, 4.69) is 10.6 Å². The summed E-state index contributed by atoms with van der Waals surface area (Å²) in [5.74, 6) is -0.439. The third-order valence-electron chi connectivity index (χ3n) is 6.46. The molecule has 1 atom stereocenters. The Morgan fingerprint density at radius 2 is 1.88 bits per heavy atom. The van der Waals surface area contributed by atoms with Crippen molar-refractivity contribution < 1.29 is 28.6 Å². The van der Waals surface area contributed by atoms with Gasteiger partial charge < -0.3 is 29.6 Å². The van der Waals surface area contributed by atoms with Gasteiger partial charge in [0.1, 0.15) is 11.3 Å². The fourth-order valence-electron chi connectivity index (χ4n) is 4.65. The number of hydrogen-bond donors (Lipinski definition) is 3. The van der Waals surface area contributed by atoms with Gasteiger partial charge in [-0.15, -0.1) is 0 Å². The molecule has 1 aromatic heterocycles. The fraction of sp³-hybridized carbons (Fsp3) is 0.560. The van der Waals surface area contributed by atoms with Crippen molar-refractivity contribution in [2.45, 2.75) is 65.0 Å². The monoisotopic (exact) mass is 474 g/mol. The molecule has 2 fully saturated rings. The molecule has 2 aliphatic rings. The zero-order valence-electron chi connectivity index (χ0n) is 20.3. The maximum absolute atomic E-state index is 12.8. The van der Waals surface area contributed by atoms with Crippen LogP contribution in [-0.4, -0.2) is 54.9 Å². The van der Waals surface area contributed by atoms with Crippen LogP contribution in [0.15, 0.2) is 21.3 Å². The SMILES string of the molecule is CC(=O)O.Cc1cc(OCC(=O)NC2CCCOC23CCNCC3)c2c(C)c(C)c(=O)oc2c1. The molecule has 1 unspecified atom stereocenters. The lowest BCUT2D eigenvalue weighted by Crippen LogP contribution is -2.61. The molecule has 0 saturated carbocycles. The molecule has 4 rings (SSSR count). The molecule has 0 aliphatic carbocycles. The lowest BCUT2D eigenvalue weighted by Gasteiger charge is -2.46. The van der Waals surface area contributed by atoms with E-state index in [1.807, 2.05) is 26.0 Å². The molecule has 9 nitrogen and oxygen atoms in total. The predicted molar refractivity (Wildman–Crippen MR) is 127 cm³/mol. The highest BCUT2D eigenvalue weighted by atomic mass is 16.5. The Labute approximate surface area is 198 Å². The number of amides is 1. The van der Waals surface area contributed by atoms with E-state index in [0.717, 1.165) is 68.8 Å². The van der Waals surface area contributed by atoms with Crippen molar-refractivity contribution in [1.29, 1.82) is 0 Å². The van der Waals surface area contributed by atoms with Crippen LogP contribution in [-0.2, 0) is 14.3 Å². The first-order chi connectivity index (χ1) is 16.1. The molecule has 2 saturated heterocycles. The van der Waals surface area contributed by atoms with E-state index in [1.54, 1.807) is 6.92 Å². The largest absolute Gasteiger partial charge is 0.483 e. The van der Waals surface area contributed by atoms with Crippen LogP contribution >= 0.6 is 0 Å². The zero-order valence-corrected chi connectivity index (χ0v) is 20.3. The normalized spacial score (nSPS) is 19.2. The van der Waals surface area contributed by atoms with Crippen LogP contribution in [0.4, 0.5) is 0 Å². The summed E-state index contributed by atoms with van der Waals surface area (Å²) in [4.78, 5) is 33.8. The maximum Gasteiger partial charge on any atom is 0.339 e. The van der Waals surface area contributed by atoms with Crippen molar-refractivity contribution >= 4 is 22.8 Å². The van der Waals surface area contributed by atoms with Gasteiger partial charge in [-0.3, -0.25) is 9.59 Å². The minimum absolute atomic E-state index is 0.000653. The average molecular weight is 475 g/mol. The first-order valence-electron chi connectivity index (χ1n) is 11.6. The van der Waals surface area contributed by atoms with Gasteiger partial charge in [0.2, 0.25) is 0 Å². The molecule has 1 amide bonds. The number of piperidine rings is 1. The Kier molecular flexibility index (Phi) is 8.33. The lowest BCUT2D eigenvalue weighted by molar-refractivity contribution is -0.138. The van der Waals surface area contributed by atoms with Crippen molar-refractivity contribution in [3.8, 4) is 5.75 Å². The van der Waals surface area contributed by atoms with Crippen molar-refractivity contribution in [3.05, 3.63) is 39.2 Å². The van der Waals surface area contributed by atoms with Crippen molar-refractivity contribution in [2.75, 3.05) is 26.3 Å². The van der Waals surface area contributed by atoms with Gasteiger partial charge in [-0.2, -0.15) is 0 Å². The number of ether oxygens (including phenoxy) is 2. The number of carboxylic acid groups (broad SMARTS) is 1. The topological polar surface area (TPSA) is 127 Å². The minimum atomic E-state index is -0.833. The number of fused-ring (bicyclic) bond motifs is 1.